The standard InChI is InChI=1S/C24H26F6N4O6S2/c1-12(2)8-16-19(41-21(31-16)20-33-32-18(39-20)10-22(4,5)38-11-35)15-7-6-14(9-17(15)40-24(28,29)30)42(36,37)34-13(3)23(25,26)27/h6-7,9,11-13,34H,8,10H2,1-5H3/t13-/m0/s1. The Morgan fingerprint density at radius 2 is 1.76 bits per heavy atom. The van der Waals surface area contributed by atoms with Crippen LogP contribution in [0.25, 0.3) is 21.3 Å². The van der Waals surface area contributed by atoms with Crippen LogP contribution in [0.3, 0.4) is 0 Å². The molecule has 0 aliphatic rings. The molecule has 0 fully saturated rings. The summed E-state index contributed by atoms with van der Waals surface area (Å²) in [6.45, 7) is 7.71. The van der Waals surface area contributed by atoms with Gasteiger partial charge in [0.1, 0.15) is 17.4 Å². The Balaban J connectivity index is 2.10. The lowest BCUT2D eigenvalue weighted by Crippen LogP contribution is -2.42. The Labute approximate surface area is 240 Å². The van der Waals surface area contributed by atoms with E-state index in [1.54, 1.807) is 13.8 Å². The zero-order chi connectivity index (χ0) is 31.7. The van der Waals surface area contributed by atoms with E-state index in [1.807, 2.05) is 13.8 Å². The molecule has 0 radical (unpaired) electrons. The number of ether oxygens (including phenoxy) is 2. The maximum atomic E-state index is 13.4. The number of carbonyl (C=O) groups excluding carboxylic acids is 1. The third-order valence-corrected chi connectivity index (χ3v) is 8.11. The minimum absolute atomic E-state index is 0.0297. The van der Waals surface area contributed by atoms with Crippen molar-refractivity contribution < 1.29 is 53.4 Å². The molecular weight excluding hydrogens is 618 g/mol. The second-order valence-electron chi connectivity index (χ2n) is 10.1. The number of halogens is 6. The number of nitrogens with one attached hydrogen (secondary N) is 1. The predicted molar refractivity (Wildman–Crippen MR) is 137 cm³/mol. The van der Waals surface area contributed by atoms with Crippen LogP contribution in [0.1, 0.15) is 46.2 Å². The van der Waals surface area contributed by atoms with Gasteiger partial charge in [0.2, 0.25) is 15.9 Å². The van der Waals surface area contributed by atoms with Crippen molar-refractivity contribution in [3.8, 4) is 27.1 Å². The highest BCUT2D eigenvalue weighted by molar-refractivity contribution is 7.89. The molecule has 0 spiro atoms. The Morgan fingerprint density at radius 3 is 2.33 bits per heavy atom. The summed E-state index contributed by atoms with van der Waals surface area (Å²) < 4.78 is 120. The van der Waals surface area contributed by atoms with E-state index in [2.05, 4.69) is 19.9 Å². The fourth-order valence-corrected chi connectivity index (χ4v) is 5.85. The third kappa shape index (κ3) is 8.64. The number of carbonyl (C=O) groups is 1. The summed E-state index contributed by atoms with van der Waals surface area (Å²) in [6, 6.07) is -0.159. The van der Waals surface area contributed by atoms with E-state index in [0.29, 0.717) is 18.7 Å². The Hall–Kier alpha value is -3.25. The third-order valence-electron chi connectivity index (χ3n) is 5.45. The van der Waals surface area contributed by atoms with Gasteiger partial charge in [-0.05, 0) is 45.2 Å². The van der Waals surface area contributed by atoms with Gasteiger partial charge in [-0.3, -0.25) is 4.79 Å². The minimum atomic E-state index is -5.27. The van der Waals surface area contributed by atoms with E-state index in [0.717, 1.165) is 23.5 Å². The average Bonchev–Trinajstić information content (AvgIpc) is 3.43. The van der Waals surface area contributed by atoms with Crippen molar-refractivity contribution in [1.29, 1.82) is 0 Å². The van der Waals surface area contributed by atoms with Crippen LogP contribution in [0.5, 0.6) is 5.75 Å². The van der Waals surface area contributed by atoms with Gasteiger partial charge in [-0.1, -0.05) is 13.8 Å². The Kier molecular flexibility index (Phi) is 9.63. The molecule has 3 rings (SSSR count). The van der Waals surface area contributed by atoms with Crippen LogP contribution in [0.15, 0.2) is 27.5 Å². The van der Waals surface area contributed by atoms with Gasteiger partial charge in [-0.25, -0.2) is 13.4 Å². The van der Waals surface area contributed by atoms with E-state index in [-0.39, 0.29) is 52.5 Å². The van der Waals surface area contributed by atoms with Crippen molar-refractivity contribution in [2.75, 3.05) is 0 Å². The van der Waals surface area contributed by atoms with Crippen LogP contribution in [0, 0.1) is 5.92 Å². The first-order valence-electron chi connectivity index (χ1n) is 12.1. The summed E-state index contributed by atoms with van der Waals surface area (Å²) in [6.07, 6.45) is -9.89. The molecule has 0 saturated carbocycles. The van der Waals surface area contributed by atoms with Gasteiger partial charge >= 0.3 is 12.5 Å². The monoisotopic (exact) mass is 644 g/mol. The molecule has 0 amide bonds. The van der Waals surface area contributed by atoms with Crippen LogP contribution >= 0.6 is 11.3 Å². The average molecular weight is 645 g/mol. The number of sulfonamides is 1. The summed E-state index contributed by atoms with van der Waals surface area (Å²) in [5, 5.41) is 7.96. The first-order chi connectivity index (χ1) is 19.2. The molecule has 2 heterocycles. The van der Waals surface area contributed by atoms with Gasteiger partial charge in [0.25, 0.3) is 12.4 Å². The summed E-state index contributed by atoms with van der Waals surface area (Å²) in [7, 11) is -4.90. The van der Waals surface area contributed by atoms with Crippen molar-refractivity contribution in [3.63, 3.8) is 0 Å². The van der Waals surface area contributed by atoms with Gasteiger partial charge in [-0.2, -0.15) is 17.9 Å². The van der Waals surface area contributed by atoms with Crippen LogP contribution in [-0.4, -0.2) is 54.3 Å². The molecule has 232 valence electrons. The van der Waals surface area contributed by atoms with Crippen molar-refractivity contribution in [3.05, 3.63) is 29.8 Å². The van der Waals surface area contributed by atoms with Gasteiger partial charge < -0.3 is 13.9 Å². The molecule has 1 atom stereocenters. The van der Waals surface area contributed by atoms with E-state index < -0.39 is 44.8 Å². The highest BCUT2D eigenvalue weighted by Crippen LogP contribution is 2.43. The van der Waals surface area contributed by atoms with Crippen LogP contribution in [0.4, 0.5) is 26.3 Å². The lowest BCUT2D eigenvalue weighted by atomic mass is 10.0. The molecule has 0 saturated heterocycles. The van der Waals surface area contributed by atoms with Crippen molar-refractivity contribution in [2.45, 2.75) is 76.5 Å². The highest BCUT2D eigenvalue weighted by Gasteiger charge is 2.39. The quantitative estimate of drug-likeness (QED) is 0.195. The van der Waals surface area contributed by atoms with E-state index >= 15 is 0 Å². The van der Waals surface area contributed by atoms with E-state index in [4.69, 9.17) is 9.15 Å². The normalized spacial score (nSPS) is 13.8. The maximum Gasteiger partial charge on any atom is 0.573 e. The molecule has 0 unspecified atom stereocenters. The maximum absolute atomic E-state index is 13.4. The number of nitrogens with zero attached hydrogens (tertiary/aromatic N) is 3. The molecule has 0 aliphatic heterocycles. The number of aromatic nitrogens is 3. The molecule has 10 nitrogen and oxygen atoms in total. The molecule has 0 bridgehead atoms. The Bertz CT molecular complexity index is 1520. The fraction of sp³-hybridized carbons (Fsp3) is 0.500. The van der Waals surface area contributed by atoms with Gasteiger partial charge in [0.15, 0.2) is 5.01 Å². The SMILES string of the molecule is CC(C)Cc1nc(-c2nnc(CC(C)(C)OC=O)o2)sc1-c1ccc(S(=O)(=O)N[C@@H](C)C(F)(F)F)cc1OC(F)(F)F. The minimum Gasteiger partial charge on any atom is -0.461 e. The fourth-order valence-electron chi connectivity index (χ4n) is 3.56. The van der Waals surface area contributed by atoms with Gasteiger partial charge in [0.05, 0.1) is 21.9 Å². The zero-order valence-electron chi connectivity index (χ0n) is 22.8. The largest absolute Gasteiger partial charge is 0.573 e. The molecular formula is C24H26F6N4O6S2. The lowest BCUT2D eigenvalue weighted by Gasteiger charge is -2.19. The van der Waals surface area contributed by atoms with Crippen molar-refractivity contribution in [2.24, 2.45) is 5.92 Å². The number of alkyl halides is 6. The topological polar surface area (TPSA) is 134 Å². The predicted octanol–water partition coefficient (Wildman–Crippen LogP) is 5.68. The molecule has 42 heavy (non-hydrogen) atoms. The molecule has 2 aromatic heterocycles. The highest BCUT2D eigenvalue weighted by atomic mass is 32.2. The summed E-state index contributed by atoms with van der Waals surface area (Å²) in [5.74, 6) is -0.978. The number of thiazole rings is 1. The number of hydrogen-bond acceptors (Lipinski definition) is 10. The van der Waals surface area contributed by atoms with Crippen LogP contribution in [-0.2, 0) is 32.4 Å². The molecule has 18 heteroatoms. The molecule has 0 aliphatic carbocycles. The Morgan fingerprint density at radius 1 is 1.10 bits per heavy atom. The first kappa shape index (κ1) is 33.3. The zero-order valence-corrected chi connectivity index (χ0v) is 24.4. The summed E-state index contributed by atoms with van der Waals surface area (Å²) in [4.78, 5) is 14.5. The second-order valence-corrected chi connectivity index (χ2v) is 12.8. The molecule has 1 aromatic carbocycles. The smallest absolute Gasteiger partial charge is 0.461 e. The van der Waals surface area contributed by atoms with Crippen LogP contribution in [0.2, 0.25) is 0 Å². The molecule has 1 N–H and O–H groups in total. The lowest BCUT2D eigenvalue weighted by molar-refractivity contribution is -0.274. The number of benzene rings is 1. The second kappa shape index (κ2) is 12.2. The van der Waals surface area contributed by atoms with E-state index in [1.165, 1.54) is 4.72 Å². The van der Waals surface area contributed by atoms with Gasteiger partial charge in [0, 0.05) is 11.6 Å². The number of hydrogen-bond donors (Lipinski definition) is 1. The first-order valence-corrected chi connectivity index (χ1v) is 14.4. The van der Waals surface area contributed by atoms with Gasteiger partial charge in [-0.15, -0.1) is 34.7 Å². The van der Waals surface area contributed by atoms with Crippen molar-refractivity contribution >= 4 is 27.8 Å². The number of rotatable bonds is 12. The summed E-state index contributed by atoms with van der Waals surface area (Å²) in [5.41, 5.74) is -0.878. The molecule has 3 aromatic rings. The van der Waals surface area contributed by atoms with Crippen LogP contribution < -0.4 is 9.46 Å². The van der Waals surface area contributed by atoms with E-state index in [9.17, 15) is 39.6 Å². The van der Waals surface area contributed by atoms with Crippen molar-refractivity contribution in [1.82, 2.24) is 19.9 Å². The summed E-state index contributed by atoms with van der Waals surface area (Å²) >= 11 is 0.861.